The fraction of sp³-hybridized carbons (Fsp3) is 0.545. The molecule has 0 bridgehead atoms. The van der Waals surface area contributed by atoms with Crippen molar-refractivity contribution < 1.29 is 28.5 Å². The molecule has 166 valence electrons. The molecule has 1 fully saturated rings. The molecule has 1 aliphatic heterocycles. The van der Waals surface area contributed by atoms with Crippen LogP contribution in [-0.4, -0.2) is 76.5 Å². The molecule has 1 N–H and O–H groups in total. The molecule has 1 aromatic rings. The minimum Gasteiger partial charge on any atom is -0.493 e. The highest BCUT2D eigenvalue weighted by atomic mass is 16.5. The largest absolute Gasteiger partial charge is 0.493 e. The number of esters is 1. The number of methoxy groups -OCH3 is 2. The molecule has 1 saturated heterocycles. The third-order valence-corrected chi connectivity index (χ3v) is 4.53. The number of amides is 1. The highest BCUT2D eigenvalue weighted by molar-refractivity contribution is 5.87. The van der Waals surface area contributed by atoms with E-state index in [0.717, 1.165) is 25.2 Å². The number of nitrogens with zero attached hydrogens (tertiary/aromatic N) is 1. The van der Waals surface area contributed by atoms with Crippen molar-refractivity contribution in [3.63, 3.8) is 0 Å². The lowest BCUT2D eigenvalue weighted by Gasteiger charge is -2.33. The van der Waals surface area contributed by atoms with Gasteiger partial charge < -0.3 is 24.3 Å². The summed E-state index contributed by atoms with van der Waals surface area (Å²) in [6, 6.07) is 5.16. The van der Waals surface area contributed by atoms with Crippen LogP contribution in [0.1, 0.15) is 19.4 Å². The molecule has 1 aromatic carbocycles. The second kappa shape index (κ2) is 12.2. The third-order valence-electron chi connectivity index (χ3n) is 4.53. The van der Waals surface area contributed by atoms with E-state index in [4.69, 9.17) is 14.2 Å². The van der Waals surface area contributed by atoms with Crippen LogP contribution in [0, 0.1) is 5.92 Å². The van der Waals surface area contributed by atoms with Crippen LogP contribution in [-0.2, 0) is 19.1 Å². The van der Waals surface area contributed by atoms with Crippen molar-refractivity contribution in [1.82, 2.24) is 10.2 Å². The van der Waals surface area contributed by atoms with Gasteiger partial charge in [0.25, 0.3) is 5.91 Å². The summed E-state index contributed by atoms with van der Waals surface area (Å²) in [6.07, 6.45) is 2.91. The minimum atomic E-state index is -0.444. The van der Waals surface area contributed by atoms with Gasteiger partial charge in [0.15, 0.2) is 18.1 Å². The molecule has 8 heteroatoms. The van der Waals surface area contributed by atoms with E-state index in [1.807, 2.05) is 0 Å². The summed E-state index contributed by atoms with van der Waals surface area (Å²) in [5.41, 5.74) is 0.745. The topological polar surface area (TPSA) is 86.3 Å². The lowest BCUT2D eigenvalue weighted by Crippen LogP contribution is -2.48. The lowest BCUT2D eigenvalue weighted by atomic mass is 10.2. The Morgan fingerprint density at radius 3 is 2.80 bits per heavy atom. The van der Waals surface area contributed by atoms with Crippen molar-refractivity contribution in [2.75, 3.05) is 53.6 Å². The average Bonchev–Trinajstić information content (AvgIpc) is 2.74. The van der Waals surface area contributed by atoms with Gasteiger partial charge in [-0.3, -0.25) is 9.69 Å². The number of carbonyl (C=O) groups is 2. The van der Waals surface area contributed by atoms with Gasteiger partial charge in [-0.1, -0.05) is 19.9 Å². The first-order valence-corrected chi connectivity index (χ1v) is 10.1. The van der Waals surface area contributed by atoms with E-state index < -0.39 is 5.97 Å². The van der Waals surface area contributed by atoms with E-state index >= 15 is 0 Å². The molecule has 0 aromatic heterocycles. The summed E-state index contributed by atoms with van der Waals surface area (Å²) >= 11 is 0. The van der Waals surface area contributed by atoms with Crippen molar-refractivity contribution in [1.29, 1.82) is 0 Å². The molecule has 1 unspecified atom stereocenters. The van der Waals surface area contributed by atoms with Crippen LogP contribution in [0.3, 0.4) is 0 Å². The predicted octanol–water partition coefficient (Wildman–Crippen LogP) is 1.73. The zero-order valence-electron chi connectivity index (χ0n) is 18.2. The minimum absolute atomic E-state index is 0.0168. The number of nitrogens with one attached hydrogen (secondary N) is 1. The highest BCUT2D eigenvalue weighted by Gasteiger charge is 2.21. The Labute approximate surface area is 178 Å². The Balaban J connectivity index is 1.81. The van der Waals surface area contributed by atoms with Gasteiger partial charge in [-0.2, -0.15) is 0 Å². The summed E-state index contributed by atoms with van der Waals surface area (Å²) in [7, 11) is 2.83. The van der Waals surface area contributed by atoms with Crippen LogP contribution in [0.25, 0.3) is 6.08 Å². The molecule has 0 saturated carbocycles. The summed E-state index contributed by atoms with van der Waals surface area (Å²) in [4.78, 5) is 25.8. The van der Waals surface area contributed by atoms with Gasteiger partial charge in [0.2, 0.25) is 0 Å². The number of hydrogen-bond acceptors (Lipinski definition) is 7. The molecule has 0 spiro atoms. The standard InChI is InChI=1S/C22H32N2O6/c1-16(2)13-24-9-10-29-18(14-24)12-23-21(25)15-30-19-7-5-17(11-20(19)27-3)6-8-22(26)28-4/h5-8,11,16,18H,9-10,12-15H2,1-4H3,(H,23,25)/b8-6+. The van der Waals surface area contributed by atoms with Crippen molar-refractivity contribution in [2.24, 2.45) is 5.92 Å². The second-order valence-corrected chi connectivity index (χ2v) is 7.51. The average molecular weight is 421 g/mol. The van der Waals surface area contributed by atoms with Crippen molar-refractivity contribution in [2.45, 2.75) is 20.0 Å². The molecule has 0 aliphatic carbocycles. The molecular formula is C22H32N2O6. The van der Waals surface area contributed by atoms with Gasteiger partial charge in [0, 0.05) is 32.3 Å². The number of carbonyl (C=O) groups excluding carboxylic acids is 2. The number of rotatable bonds is 10. The zero-order chi connectivity index (χ0) is 21.9. The van der Waals surface area contributed by atoms with Crippen molar-refractivity contribution in [3.05, 3.63) is 29.8 Å². The molecule has 1 aliphatic rings. The Kier molecular flexibility index (Phi) is 9.63. The van der Waals surface area contributed by atoms with E-state index in [-0.39, 0.29) is 18.6 Å². The third kappa shape index (κ3) is 8.04. The van der Waals surface area contributed by atoms with Gasteiger partial charge in [-0.05, 0) is 29.7 Å². The van der Waals surface area contributed by atoms with E-state index in [1.165, 1.54) is 20.3 Å². The van der Waals surface area contributed by atoms with Gasteiger partial charge in [-0.15, -0.1) is 0 Å². The van der Waals surface area contributed by atoms with Crippen LogP contribution in [0.5, 0.6) is 11.5 Å². The SMILES string of the molecule is COC(=O)/C=C/c1ccc(OCC(=O)NCC2CN(CC(C)C)CCO2)c(OC)c1. The summed E-state index contributed by atoms with van der Waals surface area (Å²) < 4.78 is 21.2. The van der Waals surface area contributed by atoms with Crippen LogP contribution < -0.4 is 14.8 Å². The monoisotopic (exact) mass is 420 g/mol. The summed E-state index contributed by atoms with van der Waals surface area (Å²) in [5.74, 6) is 0.843. The fourth-order valence-corrected chi connectivity index (χ4v) is 3.15. The second-order valence-electron chi connectivity index (χ2n) is 7.51. The van der Waals surface area contributed by atoms with E-state index in [2.05, 4.69) is 28.8 Å². The zero-order valence-corrected chi connectivity index (χ0v) is 18.2. The first kappa shape index (κ1) is 23.7. The van der Waals surface area contributed by atoms with Crippen LogP contribution in [0.4, 0.5) is 0 Å². The molecule has 1 heterocycles. The molecule has 30 heavy (non-hydrogen) atoms. The molecule has 1 atom stereocenters. The van der Waals surface area contributed by atoms with E-state index in [1.54, 1.807) is 24.3 Å². The van der Waals surface area contributed by atoms with Gasteiger partial charge in [0.1, 0.15) is 0 Å². The highest BCUT2D eigenvalue weighted by Crippen LogP contribution is 2.28. The Morgan fingerprint density at radius 2 is 2.10 bits per heavy atom. The van der Waals surface area contributed by atoms with E-state index in [0.29, 0.717) is 30.6 Å². The lowest BCUT2D eigenvalue weighted by molar-refractivity contribution is -0.134. The number of hydrogen-bond donors (Lipinski definition) is 1. The maximum atomic E-state index is 12.2. The quantitative estimate of drug-likeness (QED) is 0.456. The Morgan fingerprint density at radius 1 is 1.30 bits per heavy atom. The van der Waals surface area contributed by atoms with Gasteiger partial charge >= 0.3 is 5.97 Å². The predicted molar refractivity (Wildman–Crippen MR) is 114 cm³/mol. The molecular weight excluding hydrogens is 388 g/mol. The Bertz CT molecular complexity index is 734. The maximum Gasteiger partial charge on any atom is 0.330 e. The van der Waals surface area contributed by atoms with Crippen molar-refractivity contribution >= 4 is 18.0 Å². The van der Waals surface area contributed by atoms with Crippen LogP contribution in [0.15, 0.2) is 24.3 Å². The summed E-state index contributed by atoms with van der Waals surface area (Å²) in [5, 5.41) is 2.87. The first-order valence-electron chi connectivity index (χ1n) is 10.1. The van der Waals surface area contributed by atoms with Crippen LogP contribution >= 0.6 is 0 Å². The first-order chi connectivity index (χ1) is 14.4. The fourth-order valence-electron chi connectivity index (χ4n) is 3.15. The maximum absolute atomic E-state index is 12.2. The van der Waals surface area contributed by atoms with Gasteiger partial charge in [0.05, 0.1) is 26.9 Å². The number of ether oxygens (including phenoxy) is 4. The molecule has 0 radical (unpaired) electrons. The molecule has 2 rings (SSSR count). The van der Waals surface area contributed by atoms with Crippen molar-refractivity contribution in [3.8, 4) is 11.5 Å². The van der Waals surface area contributed by atoms with E-state index in [9.17, 15) is 9.59 Å². The smallest absolute Gasteiger partial charge is 0.330 e. The number of morpholine rings is 1. The molecule has 1 amide bonds. The Hall–Kier alpha value is -2.58. The number of benzene rings is 1. The normalized spacial score (nSPS) is 17.2. The molecule has 8 nitrogen and oxygen atoms in total. The van der Waals surface area contributed by atoms with Crippen LogP contribution in [0.2, 0.25) is 0 Å². The summed E-state index contributed by atoms with van der Waals surface area (Å²) in [6.45, 7) is 8.16. The van der Waals surface area contributed by atoms with Gasteiger partial charge in [-0.25, -0.2) is 4.79 Å².